The molecule has 0 saturated carbocycles. The molecule has 1 aromatic heterocycles. The molecule has 0 amide bonds. The molecule has 4 rings (SSSR count). The van der Waals surface area contributed by atoms with E-state index < -0.39 is 0 Å². The highest BCUT2D eigenvalue weighted by molar-refractivity contribution is 6.30. The van der Waals surface area contributed by atoms with Crippen molar-refractivity contribution in [2.75, 3.05) is 49.5 Å². The first-order valence-electron chi connectivity index (χ1n) is 9.91. The summed E-state index contributed by atoms with van der Waals surface area (Å²) in [5.41, 5.74) is 0.913. The lowest BCUT2D eigenvalue weighted by Crippen LogP contribution is -2.47. The van der Waals surface area contributed by atoms with Gasteiger partial charge in [0.25, 0.3) is 0 Å². The normalized spacial score (nSPS) is 14.5. The molecule has 8 heteroatoms. The standard InChI is InChI=1S/C22H24ClN5O2/c23-17-6-8-19(9-7-17)30-20-21(26-18-4-2-1-3-5-18)24-16-25-22(20)28-12-10-27(11-13-28)14-15-29/h1-9,16,29H,10-15H2,(H,24,25,26). The minimum Gasteiger partial charge on any atom is -0.450 e. The highest BCUT2D eigenvalue weighted by Gasteiger charge is 2.24. The Kier molecular flexibility index (Phi) is 6.63. The zero-order chi connectivity index (χ0) is 20.8. The quantitative estimate of drug-likeness (QED) is 0.596. The molecule has 3 aromatic rings. The van der Waals surface area contributed by atoms with E-state index in [1.807, 2.05) is 42.5 Å². The fraction of sp³-hybridized carbons (Fsp3) is 0.273. The van der Waals surface area contributed by atoms with E-state index in [-0.39, 0.29) is 6.61 Å². The number of piperazine rings is 1. The molecule has 1 aliphatic rings. The number of para-hydroxylation sites is 1. The molecular formula is C22H24ClN5O2. The monoisotopic (exact) mass is 425 g/mol. The number of nitrogens with zero attached hydrogens (tertiary/aromatic N) is 4. The number of rotatable bonds is 7. The predicted octanol–water partition coefficient (Wildman–Crippen LogP) is 3.78. The van der Waals surface area contributed by atoms with E-state index in [9.17, 15) is 5.11 Å². The SMILES string of the molecule is OCCN1CCN(c2ncnc(Nc3ccccc3)c2Oc2ccc(Cl)cc2)CC1. The molecule has 7 nitrogen and oxygen atoms in total. The first-order chi connectivity index (χ1) is 14.7. The third-order valence-electron chi connectivity index (χ3n) is 4.94. The van der Waals surface area contributed by atoms with Crippen molar-refractivity contribution in [1.82, 2.24) is 14.9 Å². The van der Waals surface area contributed by atoms with Gasteiger partial charge in [0.15, 0.2) is 11.6 Å². The molecule has 1 fully saturated rings. The number of aliphatic hydroxyl groups excluding tert-OH is 1. The Labute approximate surface area is 180 Å². The molecule has 2 N–H and O–H groups in total. The number of hydrogen-bond acceptors (Lipinski definition) is 7. The largest absolute Gasteiger partial charge is 0.450 e. The number of aliphatic hydroxyl groups is 1. The van der Waals surface area contributed by atoms with Crippen LogP contribution in [0.25, 0.3) is 0 Å². The van der Waals surface area contributed by atoms with Crippen LogP contribution in [0.15, 0.2) is 60.9 Å². The second-order valence-electron chi connectivity index (χ2n) is 6.97. The van der Waals surface area contributed by atoms with Crippen LogP contribution < -0.4 is 15.0 Å². The number of halogens is 1. The number of β-amino-alcohol motifs (C(OH)–C–C–N with tert-alkyl or cyclic N) is 1. The smallest absolute Gasteiger partial charge is 0.212 e. The molecule has 0 spiro atoms. The Morgan fingerprint density at radius 2 is 1.70 bits per heavy atom. The Morgan fingerprint density at radius 1 is 0.967 bits per heavy atom. The summed E-state index contributed by atoms with van der Waals surface area (Å²) in [6.45, 7) is 4.15. The average molecular weight is 426 g/mol. The van der Waals surface area contributed by atoms with E-state index in [2.05, 4.69) is 25.1 Å². The second kappa shape index (κ2) is 9.75. The van der Waals surface area contributed by atoms with E-state index in [4.69, 9.17) is 16.3 Å². The predicted molar refractivity (Wildman–Crippen MR) is 119 cm³/mol. The van der Waals surface area contributed by atoms with Crippen molar-refractivity contribution in [1.29, 1.82) is 0 Å². The van der Waals surface area contributed by atoms with Crippen molar-refractivity contribution in [2.24, 2.45) is 0 Å². The van der Waals surface area contributed by atoms with Crippen LogP contribution in [-0.4, -0.2) is 59.3 Å². The number of nitrogens with one attached hydrogen (secondary N) is 1. The van der Waals surface area contributed by atoms with Gasteiger partial charge in [-0.15, -0.1) is 0 Å². The summed E-state index contributed by atoms with van der Waals surface area (Å²) >= 11 is 6.02. The molecule has 156 valence electrons. The van der Waals surface area contributed by atoms with Gasteiger partial charge in [0.2, 0.25) is 5.75 Å². The van der Waals surface area contributed by atoms with Crippen LogP contribution in [0.2, 0.25) is 5.02 Å². The van der Waals surface area contributed by atoms with E-state index in [1.54, 1.807) is 18.5 Å². The minimum atomic E-state index is 0.170. The number of aromatic nitrogens is 2. The van der Waals surface area contributed by atoms with Crippen molar-refractivity contribution in [2.45, 2.75) is 0 Å². The summed E-state index contributed by atoms with van der Waals surface area (Å²) in [7, 11) is 0. The van der Waals surface area contributed by atoms with Crippen molar-refractivity contribution in [3.8, 4) is 11.5 Å². The van der Waals surface area contributed by atoms with Gasteiger partial charge in [0, 0.05) is 43.4 Å². The summed E-state index contributed by atoms with van der Waals surface area (Å²) in [4.78, 5) is 13.4. The summed E-state index contributed by atoms with van der Waals surface area (Å²) in [5, 5.41) is 13.2. The van der Waals surface area contributed by atoms with Gasteiger partial charge < -0.3 is 20.1 Å². The summed E-state index contributed by atoms with van der Waals surface area (Å²) in [5.74, 6) is 2.56. The van der Waals surface area contributed by atoms with E-state index in [0.717, 1.165) is 37.7 Å². The van der Waals surface area contributed by atoms with Gasteiger partial charge in [-0.25, -0.2) is 9.97 Å². The van der Waals surface area contributed by atoms with Crippen molar-refractivity contribution in [3.05, 3.63) is 65.9 Å². The summed E-state index contributed by atoms with van der Waals surface area (Å²) < 4.78 is 6.25. The number of benzene rings is 2. The first kappa shape index (κ1) is 20.4. The van der Waals surface area contributed by atoms with Gasteiger partial charge in [-0.2, -0.15) is 0 Å². The molecule has 0 aliphatic carbocycles. The number of anilines is 3. The van der Waals surface area contributed by atoms with Crippen molar-refractivity contribution < 1.29 is 9.84 Å². The molecule has 2 aromatic carbocycles. The average Bonchev–Trinajstić information content (AvgIpc) is 2.78. The molecular weight excluding hydrogens is 402 g/mol. The lowest BCUT2D eigenvalue weighted by atomic mass is 10.3. The summed E-state index contributed by atoms with van der Waals surface area (Å²) in [6, 6.07) is 17.1. The van der Waals surface area contributed by atoms with Gasteiger partial charge in [-0.05, 0) is 36.4 Å². The highest BCUT2D eigenvalue weighted by Crippen LogP contribution is 2.38. The van der Waals surface area contributed by atoms with E-state index in [1.165, 1.54) is 0 Å². The van der Waals surface area contributed by atoms with Gasteiger partial charge in [0.05, 0.1) is 6.61 Å². The Bertz CT molecular complexity index is 948. The summed E-state index contributed by atoms with van der Waals surface area (Å²) in [6.07, 6.45) is 1.55. The van der Waals surface area contributed by atoms with Crippen LogP contribution in [0.4, 0.5) is 17.3 Å². The molecule has 2 heterocycles. The molecule has 0 radical (unpaired) electrons. The molecule has 0 unspecified atom stereocenters. The minimum absolute atomic E-state index is 0.170. The lowest BCUT2D eigenvalue weighted by molar-refractivity contribution is 0.188. The Hall–Kier alpha value is -2.87. The third kappa shape index (κ3) is 4.99. The number of ether oxygens (including phenoxy) is 1. The molecule has 0 bridgehead atoms. The zero-order valence-corrected chi connectivity index (χ0v) is 17.3. The van der Waals surface area contributed by atoms with Gasteiger partial charge in [-0.1, -0.05) is 29.8 Å². The van der Waals surface area contributed by atoms with Crippen LogP contribution >= 0.6 is 11.6 Å². The topological polar surface area (TPSA) is 73.8 Å². The Morgan fingerprint density at radius 3 is 2.40 bits per heavy atom. The maximum Gasteiger partial charge on any atom is 0.212 e. The number of hydrogen-bond donors (Lipinski definition) is 2. The molecule has 1 aliphatic heterocycles. The van der Waals surface area contributed by atoms with Crippen molar-refractivity contribution in [3.63, 3.8) is 0 Å². The van der Waals surface area contributed by atoms with Crippen LogP contribution in [0.5, 0.6) is 11.5 Å². The first-order valence-corrected chi connectivity index (χ1v) is 10.3. The molecule has 1 saturated heterocycles. The maximum atomic E-state index is 9.19. The molecule has 30 heavy (non-hydrogen) atoms. The second-order valence-corrected chi connectivity index (χ2v) is 7.41. The zero-order valence-electron chi connectivity index (χ0n) is 16.5. The van der Waals surface area contributed by atoms with Gasteiger partial charge >= 0.3 is 0 Å². The third-order valence-corrected chi connectivity index (χ3v) is 5.20. The lowest BCUT2D eigenvalue weighted by Gasteiger charge is -2.35. The van der Waals surface area contributed by atoms with Crippen LogP contribution in [0.1, 0.15) is 0 Å². The van der Waals surface area contributed by atoms with E-state index >= 15 is 0 Å². The van der Waals surface area contributed by atoms with Crippen LogP contribution in [-0.2, 0) is 0 Å². The maximum absolute atomic E-state index is 9.19. The van der Waals surface area contributed by atoms with Gasteiger partial charge in [-0.3, -0.25) is 4.90 Å². The highest BCUT2D eigenvalue weighted by atomic mass is 35.5. The van der Waals surface area contributed by atoms with Crippen LogP contribution in [0, 0.1) is 0 Å². The van der Waals surface area contributed by atoms with Crippen molar-refractivity contribution >= 4 is 28.9 Å². The fourth-order valence-electron chi connectivity index (χ4n) is 3.38. The fourth-order valence-corrected chi connectivity index (χ4v) is 3.50. The van der Waals surface area contributed by atoms with Gasteiger partial charge in [0.1, 0.15) is 12.1 Å². The van der Waals surface area contributed by atoms with Crippen LogP contribution in [0.3, 0.4) is 0 Å². The Balaban J connectivity index is 1.64. The molecule has 0 atom stereocenters. The van der Waals surface area contributed by atoms with E-state index in [0.29, 0.717) is 28.9 Å².